The largest absolute Gasteiger partial charge is 1.00 e. The van der Waals surface area contributed by atoms with Gasteiger partial charge in [0.05, 0.1) is 6.07 Å². The summed E-state index contributed by atoms with van der Waals surface area (Å²) in [5.41, 5.74) is 0. The van der Waals surface area contributed by atoms with Crippen molar-refractivity contribution in [3.05, 3.63) is 0 Å². The van der Waals surface area contributed by atoms with E-state index in [2.05, 4.69) is 6.07 Å². The molecule has 1 fully saturated rings. The van der Waals surface area contributed by atoms with Crippen LogP contribution in [0, 0.1) is 17.2 Å². The predicted molar refractivity (Wildman–Crippen MR) is 42.9 cm³/mol. The minimum Gasteiger partial charge on any atom is -0.550 e. The molecule has 0 saturated heterocycles. The third-order valence-electron chi connectivity index (χ3n) is 1.79. The summed E-state index contributed by atoms with van der Waals surface area (Å²) < 4.78 is 0. The van der Waals surface area contributed by atoms with E-state index in [-0.39, 0.29) is 29.6 Å². The summed E-state index contributed by atoms with van der Waals surface area (Å²) in [5, 5.41) is 17.3. The predicted octanol–water partition coefficient (Wildman–Crippen LogP) is -2.15. The first-order valence-corrected chi connectivity index (χ1v) is 4.24. The van der Waals surface area contributed by atoms with E-state index in [0.29, 0.717) is 5.92 Å². The molecule has 0 N–H and O–H groups in total. The summed E-state index contributed by atoms with van der Waals surface area (Å²) >= 11 is 0. The molecular formula is C9H14NNaO2. The quantitative estimate of drug-likeness (QED) is 0.410. The Bertz CT molecular complexity index is 167. The van der Waals surface area contributed by atoms with Gasteiger partial charge in [0.1, 0.15) is 0 Å². The SMILES string of the molecule is CC(=O)[O-].N#CC1CCCCC1.[Na+]. The number of nitriles is 1. The number of carboxylic acids is 1. The molecule has 1 aliphatic rings. The molecule has 68 valence electrons. The maximum atomic E-state index is 8.89. The van der Waals surface area contributed by atoms with E-state index >= 15 is 0 Å². The van der Waals surface area contributed by atoms with Crippen molar-refractivity contribution in [3.8, 4) is 6.07 Å². The normalized spacial score (nSPS) is 15.7. The fraction of sp³-hybridized carbons (Fsp3) is 0.778. The maximum absolute atomic E-state index is 8.89. The molecule has 4 heteroatoms. The van der Waals surface area contributed by atoms with Gasteiger partial charge in [0.25, 0.3) is 0 Å². The second-order valence-electron chi connectivity index (χ2n) is 2.96. The van der Waals surface area contributed by atoms with Crippen LogP contribution in [0.25, 0.3) is 0 Å². The van der Waals surface area contributed by atoms with Gasteiger partial charge in [-0.2, -0.15) is 5.26 Å². The number of carbonyl (C=O) groups is 1. The van der Waals surface area contributed by atoms with E-state index < -0.39 is 5.97 Å². The van der Waals surface area contributed by atoms with Crippen LogP contribution < -0.4 is 34.7 Å². The van der Waals surface area contributed by atoms with E-state index in [9.17, 15) is 0 Å². The third-order valence-corrected chi connectivity index (χ3v) is 1.79. The zero-order valence-electron chi connectivity index (χ0n) is 8.38. The summed E-state index contributed by atoms with van der Waals surface area (Å²) in [6, 6.07) is 2.30. The van der Waals surface area contributed by atoms with Crippen molar-refractivity contribution in [3.63, 3.8) is 0 Å². The maximum Gasteiger partial charge on any atom is 1.00 e. The fourth-order valence-electron chi connectivity index (χ4n) is 1.23. The first kappa shape index (κ1) is 15.4. The van der Waals surface area contributed by atoms with Crippen LogP contribution in [0.3, 0.4) is 0 Å². The van der Waals surface area contributed by atoms with Crippen LogP contribution >= 0.6 is 0 Å². The Morgan fingerprint density at radius 2 is 1.77 bits per heavy atom. The van der Waals surface area contributed by atoms with Crippen LogP contribution in [0.2, 0.25) is 0 Å². The Kier molecular flexibility index (Phi) is 11.9. The molecule has 0 amide bonds. The molecule has 0 heterocycles. The summed E-state index contributed by atoms with van der Waals surface area (Å²) in [6.07, 6.45) is 6.20. The standard InChI is InChI=1S/C7H11N.C2H4O2.Na/c8-6-7-4-2-1-3-5-7;1-2(3)4;/h7H,1-5H2;1H3,(H,3,4);/q;;+1/p-1. The van der Waals surface area contributed by atoms with Crippen molar-refractivity contribution >= 4 is 5.97 Å². The van der Waals surface area contributed by atoms with E-state index in [1.54, 1.807) is 0 Å². The number of rotatable bonds is 0. The van der Waals surface area contributed by atoms with Crippen LogP contribution in [0.4, 0.5) is 0 Å². The van der Waals surface area contributed by atoms with Gasteiger partial charge in [-0.3, -0.25) is 0 Å². The fourth-order valence-corrected chi connectivity index (χ4v) is 1.23. The molecule has 1 aliphatic carbocycles. The third kappa shape index (κ3) is 12.0. The average molecular weight is 191 g/mol. The summed E-state index contributed by atoms with van der Waals surface area (Å²) in [7, 11) is 0. The van der Waals surface area contributed by atoms with Crippen LogP contribution in [0.15, 0.2) is 0 Å². The molecule has 0 unspecified atom stereocenters. The second kappa shape index (κ2) is 10.0. The molecule has 0 aromatic heterocycles. The molecule has 1 rings (SSSR count). The van der Waals surface area contributed by atoms with Gasteiger partial charge in [-0.25, -0.2) is 0 Å². The minimum absolute atomic E-state index is 0. The van der Waals surface area contributed by atoms with E-state index in [4.69, 9.17) is 15.2 Å². The number of carboxylic acid groups (broad SMARTS) is 1. The molecule has 0 radical (unpaired) electrons. The van der Waals surface area contributed by atoms with Gasteiger partial charge >= 0.3 is 29.6 Å². The van der Waals surface area contributed by atoms with Gasteiger partial charge in [-0.05, 0) is 19.8 Å². The first-order chi connectivity index (χ1) is 5.66. The molecule has 0 aliphatic heterocycles. The molecule has 0 aromatic rings. The summed E-state index contributed by atoms with van der Waals surface area (Å²) in [4.78, 5) is 8.89. The molecule has 0 atom stereocenters. The van der Waals surface area contributed by atoms with E-state index in [0.717, 1.165) is 19.8 Å². The molecule has 0 aromatic carbocycles. The zero-order chi connectivity index (χ0) is 9.40. The topological polar surface area (TPSA) is 63.9 Å². The summed E-state index contributed by atoms with van der Waals surface area (Å²) in [5.74, 6) is -0.691. The Balaban J connectivity index is 0. The van der Waals surface area contributed by atoms with Gasteiger partial charge in [0.15, 0.2) is 0 Å². The molecule has 0 spiro atoms. The molecule has 3 nitrogen and oxygen atoms in total. The van der Waals surface area contributed by atoms with Gasteiger partial charge in [-0.1, -0.05) is 19.3 Å². The Morgan fingerprint density at radius 1 is 1.38 bits per heavy atom. The van der Waals surface area contributed by atoms with Crippen molar-refractivity contribution in [2.24, 2.45) is 5.92 Å². The smallest absolute Gasteiger partial charge is 0.550 e. The van der Waals surface area contributed by atoms with Gasteiger partial charge in [0.2, 0.25) is 0 Å². The van der Waals surface area contributed by atoms with Crippen LogP contribution in [0.5, 0.6) is 0 Å². The Morgan fingerprint density at radius 3 is 2.00 bits per heavy atom. The summed E-state index contributed by atoms with van der Waals surface area (Å²) in [6.45, 7) is 0.972. The molecule has 1 saturated carbocycles. The average Bonchev–Trinajstić information content (AvgIpc) is 2.05. The molecule has 13 heavy (non-hydrogen) atoms. The van der Waals surface area contributed by atoms with E-state index in [1.807, 2.05) is 0 Å². The molecule has 0 bridgehead atoms. The van der Waals surface area contributed by atoms with Crippen molar-refractivity contribution in [2.45, 2.75) is 39.0 Å². The number of hydrogen-bond donors (Lipinski definition) is 0. The number of aliphatic carboxylic acids is 1. The van der Waals surface area contributed by atoms with Gasteiger partial charge < -0.3 is 9.90 Å². The van der Waals surface area contributed by atoms with Gasteiger partial charge in [-0.15, -0.1) is 0 Å². The van der Waals surface area contributed by atoms with Crippen molar-refractivity contribution in [1.82, 2.24) is 0 Å². The Hall–Kier alpha value is -0.0400. The van der Waals surface area contributed by atoms with E-state index in [1.165, 1.54) is 19.3 Å². The molecular weight excluding hydrogens is 177 g/mol. The van der Waals surface area contributed by atoms with Crippen LogP contribution in [-0.2, 0) is 4.79 Å². The van der Waals surface area contributed by atoms with Crippen LogP contribution in [0.1, 0.15) is 39.0 Å². The van der Waals surface area contributed by atoms with Crippen molar-refractivity contribution < 1.29 is 39.5 Å². The minimum atomic E-state index is -1.08. The number of nitrogens with zero attached hydrogens (tertiary/aromatic N) is 1. The van der Waals surface area contributed by atoms with Crippen molar-refractivity contribution in [1.29, 1.82) is 5.26 Å². The van der Waals surface area contributed by atoms with Crippen LogP contribution in [-0.4, -0.2) is 5.97 Å². The van der Waals surface area contributed by atoms with Crippen molar-refractivity contribution in [2.75, 3.05) is 0 Å². The second-order valence-corrected chi connectivity index (χ2v) is 2.96. The number of carbonyl (C=O) groups excluding carboxylic acids is 1. The van der Waals surface area contributed by atoms with Gasteiger partial charge in [0, 0.05) is 11.9 Å². The number of hydrogen-bond acceptors (Lipinski definition) is 3. The zero-order valence-corrected chi connectivity index (χ0v) is 10.4. The first-order valence-electron chi connectivity index (χ1n) is 4.24. The Labute approximate surface area is 101 Å². The monoisotopic (exact) mass is 191 g/mol.